The molecule has 1 aromatic carbocycles. The first kappa shape index (κ1) is 16.1. The summed E-state index contributed by atoms with van der Waals surface area (Å²) >= 11 is 0. The van der Waals surface area contributed by atoms with Crippen molar-refractivity contribution in [2.24, 2.45) is 0 Å². The van der Waals surface area contributed by atoms with Crippen molar-refractivity contribution in [1.29, 1.82) is 0 Å². The topological polar surface area (TPSA) is 71.0 Å². The highest BCUT2D eigenvalue weighted by molar-refractivity contribution is 6.60. The van der Waals surface area contributed by atoms with Crippen LogP contribution in [0.5, 0.6) is 5.75 Å². The molecule has 2 rings (SSSR count). The maximum atomic E-state index is 10.4. The van der Waals surface area contributed by atoms with Crippen molar-refractivity contribution in [2.75, 3.05) is 18.5 Å². The molecule has 0 saturated heterocycles. The molecule has 0 unspecified atom stereocenters. The quantitative estimate of drug-likeness (QED) is 0.724. The average Bonchev–Trinajstić information content (AvgIpc) is 2.37. The number of ether oxygens (including phenoxy) is 1. The van der Waals surface area contributed by atoms with E-state index < -0.39 is 18.3 Å². The second kappa shape index (κ2) is 5.52. The van der Waals surface area contributed by atoms with E-state index >= 15 is 0 Å². The predicted octanol–water partition coefficient (Wildman–Crippen LogP) is 1.05. The molecule has 1 aliphatic rings. The number of benzene rings is 1. The molecule has 0 amide bonds. The summed E-state index contributed by atoms with van der Waals surface area (Å²) in [7, 11) is -1.11. The molecular formula is C15H24BNO4. The van der Waals surface area contributed by atoms with Crippen LogP contribution in [-0.2, 0) is 4.65 Å². The number of hydrogen-bond acceptors (Lipinski definition) is 5. The van der Waals surface area contributed by atoms with Gasteiger partial charge >= 0.3 is 7.12 Å². The molecule has 0 spiro atoms. The van der Waals surface area contributed by atoms with Crippen molar-refractivity contribution in [1.82, 2.24) is 0 Å². The van der Waals surface area contributed by atoms with E-state index in [1.807, 2.05) is 13.0 Å². The predicted molar refractivity (Wildman–Crippen MR) is 84.2 cm³/mol. The number of nitrogens with one attached hydrogen (secondary N) is 1. The molecule has 21 heavy (non-hydrogen) atoms. The van der Waals surface area contributed by atoms with E-state index in [9.17, 15) is 10.1 Å². The molecule has 0 aliphatic carbocycles. The average molecular weight is 293 g/mol. The molecule has 0 atom stereocenters. The second-order valence-electron chi connectivity index (χ2n) is 6.47. The van der Waals surface area contributed by atoms with E-state index in [1.54, 1.807) is 33.8 Å². The Morgan fingerprint density at radius 2 is 1.95 bits per heavy atom. The Morgan fingerprint density at radius 1 is 1.29 bits per heavy atom. The van der Waals surface area contributed by atoms with E-state index in [2.05, 4.69) is 5.32 Å². The molecule has 1 heterocycles. The number of anilines is 1. The van der Waals surface area contributed by atoms with Crippen molar-refractivity contribution in [3.05, 3.63) is 17.7 Å². The number of fused-ring (bicyclic) bond motifs is 1. The molecule has 5 nitrogen and oxygen atoms in total. The third kappa shape index (κ3) is 3.17. The zero-order chi connectivity index (χ0) is 15.8. The molecule has 116 valence electrons. The van der Waals surface area contributed by atoms with Crippen LogP contribution < -0.4 is 15.5 Å². The smallest absolute Gasteiger partial charge is 0.490 e. The Balaban J connectivity index is 2.26. The van der Waals surface area contributed by atoms with Crippen LogP contribution in [0, 0.1) is 6.92 Å². The minimum absolute atomic E-state index is 0.635. The number of rotatable bonds is 4. The molecule has 0 fully saturated rings. The molecule has 1 aliphatic heterocycles. The van der Waals surface area contributed by atoms with Crippen LogP contribution in [0.2, 0.25) is 0 Å². The van der Waals surface area contributed by atoms with Crippen molar-refractivity contribution >= 4 is 18.3 Å². The molecular weight excluding hydrogens is 269 g/mol. The Morgan fingerprint density at radius 3 is 2.57 bits per heavy atom. The summed E-state index contributed by atoms with van der Waals surface area (Å²) in [4.78, 5) is 0. The van der Waals surface area contributed by atoms with E-state index in [4.69, 9.17) is 9.39 Å². The Hall–Kier alpha value is -1.24. The standard InChI is InChI=1S/C15H24BNO4/c1-10-11(6-7-12-13(10)17-8-9-20-12)16(19)21-15(4,5)14(2,3)18/h6-7,17-19H,8-9H2,1-5H3. The highest BCUT2D eigenvalue weighted by atomic mass is 16.5. The SMILES string of the molecule is Cc1c(B(O)OC(C)(C)C(C)(C)O)ccc2c1NCCO2. The molecule has 0 saturated carbocycles. The van der Waals surface area contributed by atoms with Gasteiger partial charge in [-0.1, -0.05) is 6.07 Å². The summed E-state index contributed by atoms with van der Waals surface area (Å²) in [6.07, 6.45) is 0. The van der Waals surface area contributed by atoms with Gasteiger partial charge in [0.05, 0.1) is 16.9 Å². The summed E-state index contributed by atoms with van der Waals surface area (Å²) in [6.45, 7) is 10.1. The Labute approximate surface area is 126 Å². The van der Waals surface area contributed by atoms with E-state index in [-0.39, 0.29) is 0 Å². The fourth-order valence-electron chi connectivity index (χ4n) is 2.13. The van der Waals surface area contributed by atoms with Gasteiger partial charge in [0.25, 0.3) is 0 Å². The minimum atomic E-state index is -1.11. The maximum absolute atomic E-state index is 10.4. The normalized spacial score (nSPS) is 15.0. The van der Waals surface area contributed by atoms with Crippen molar-refractivity contribution in [3.63, 3.8) is 0 Å². The van der Waals surface area contributed by atoms with Crippen molar-refractivity contribution < 1.29 is 19.5 Å². The van der Waals surface area contributed by atoms with Gasteiger partial charge in [-0.2, -0.15) is 0 Å². The van der Waals surface area contributed by atoms with Gasteiger partial charge in [0.2, 0.25) is 0 Å². The van der Waals surface area contributed by atoms with Gasteiger partial charge in [-0.3, -0.25) is 0 Å². The van der Waals surface area contributed by atoms with Crippen LogP contribution in [0.1, 0.15) is 33.3 Å². The number of hydrogen-bond donors (Lipinski definition) is 3. The largest absolute Gasteiger partial charge is 0.491 e. The van der Waals surface area contributed by atoms with Gasteiger partial charge in [0.1, 0.15) is 12.4 Å². The maximum Gasteiger partial charge on any atom is 0.491 e. The molecule has 0 bridgehead atoms. The van der Waals surface area contributed by atoms with E-state index in [0.29, 0.717) is 12.1 Å². The lowest BCUT2D eigenvalue weighted by molar-refractivity contribution is -0.0982. The zero-order valence-electron chi connectivity index (χ0n) is 13.4. The zero-order valence-corrected chi connectivity index (χ0v) is 13.4. The van der Waals surface area contributed by atoms with Crippen LogP contribution in [0.3, 0.4) is 0 Å². The van der Waals surface area contributed by atoms with Gasteiger partial charge in [-0.15, -0.1) is 0 Å². The van der Waals surface area contributed by atoms with Crippen LogP contribution in [0.15, 0.2) is 12.1 Å². The molecule has 6 heteroatoms. The van der Waals surface area contributed by atoms with Gasteiger partial charge in [0, 0.05) is 6.54 Å². The highest BCUT2D eigenvalue weighted by Crippen LogP contribution is 2.30. The lowest BCUT2D eigenvalue weighted by Gasteiger charge is -2.38. The first-order chi connectivity index (χ1) is 9.63. The van der Waals surface area contributed by atoms with Gasteiger partial charge < -0.3 is 24.8 Å². The van der Waals surface area contributed by atoms with E-state index in [0.717, 1.165) is 23.5 Å². The molecule has 1 aromatic rings. The Kier molecular flexibility index (Phi) is 4.24. The third-order valence-electron chi connectivity index (χ3n) is 4.28. The summed E-state index contributed by atoms with van der Waals surface area (Å²) in [5.41, 5.74) is 0.494. The number of aliphatic hydroxyl groups is 1. The van der Waals surface area contributed by atoms with Crippen molar-refractivity contribution in [3.8, 4) is 5.75 Å². The monoisotopic (exact) mass is 293 g/mol. The fraction of sp³-hybridized carbons (Fsp3) is 0.600. The van der Waals surface area contributed by atoms with Crippen LogP contribution in [0.4, 0.5) is 5.69 Å². The summed E-state index contributed by atoms with van der Waals surface area (Å²) in [5, 5.41) is 23.8. The lowest BCUT2D eigenvalue weighted by Crippen LogP contribution is -2.53. The highest BCUT2D eigenvalue weighted by Gasteiger charge is 2.40. The first-order valence-electron chi connectivity index (χ1n) is 7.22. The molecule has 0 aromatic heterocycles. The van der Waals surface area contributed by atoms with Gasteiger partial charge in [-0.25, -0.2) is 0 Å². The van der Waals surface area contributed by atoms with Gasteiger partial charge in [0.15, 0.2) is 0 Å². The van der Waals surface area contributed by atoms with Gasteiger partial charge in [-0.05, 0) is 51.7 Å². The van der Waals surface area contributed by atoms with Crippen LogP contribution in [-0.4, -0.2) is 41.6 Å². The van der Waals surface area contributed by atoms with Crippen LogP contribution in [0.25, 0.3) is 0 Å². The molecule has 3 N–H and O–H groups in total. The Bertz CT molecular complexity index is 525. The second-order valence-corrected chi connectivity index (χ2v) is 6.47. The van der Waals surface area contributed by atoms with Crippen LogP contribution >= 0.6 is 0 Å². The third-order valence-corrected chi connectivity index (χ3v) is 4.28. The van der Waals surface area contributed by atoms with E-state index in [1.165, 1.54) is 0 Å². The lowest BCUT2D eigenvalue weighted by atomic mass is 9.74. The summed E-state index contributed by atoms with van der Waals surface area (Å²) < 4.78 is 11.3. The van der Waals surface area contributed by atoms with Crippen molar-refractivity contribution in [2.45, 2.75) is 45.8 Å². The fourth-order valence-corrected chi connectivity index (χ4v) is 2.13. The minimum Gasteiger partial charge on any atom is -0.490 e. The summed E-state index contributed by atoms with van der Waals surface area (Å²) in [5.74, 6) is 0.788. The summed E-state index contributed by atoms with van der Waals surface area (Å²) in [6, 6.07) is 3.62. The molecule has 0 radical (unpaired) electrons. The first-order valence-corrected chi connectivity index (χ1v) is 7.22.